The molecule has 1 aromatic rings. The van der Waals surface area contributed by atoms with Gasteiger partial charge in [0.05, 0.1) is 11.2 Å². The van der Waals surface area contributed by atoms with Gasteiger partial charge in [0.1, 0.15) is 11.9 Å². The van der Waals surface area contributed by atoms with Crippen LogP contribution in [-0.2, 0) is 9.31 Å². The van der Waals surface area contributed by atoms with E-state index in [0.29, 0.717) is 0 Å². The molecule has 2 aliphatic heterocycles. The summed E-state index contributed by atoms with van der Waals surface area (Å²) in [6, 6.07) is 8.05. The monoisotopic (exact) mass is 289 g/mol. The Labute approximate surface area is 127 Å². The Bertz CT molecular complexity index is 479. The fraction of sp³-hybridized carbons (Fsp3) is 0.625. The highest BCUT2D eigenvalue weighted by Gasteiger charge is 2.51. The van der Waals surface area contributed by atoms with Crippen molar-refractivity contribution in [2.75, 3.05) is 13.1 Å². The fourth-order valence-corrected chi connectivity index (χ4v) is 2.60. The lowest BCUT2D eigenvalue weighted by atomic mass is 9.79. The van der Waals surface area contributed by atoms with E-state index in [0.717, 1.165) is 30.7 Å². The SMILES string of the molecule is CC1(C)OB(c2ccc(O[C@@H]3CCNC3)cc2)OC1(C)C. The van der Waals surface area contributed by atoms with Crippen molar-refractivity contribution in [3.05, 3.63) is 24.3 Å². The van der Waals surface area contributed by atoms with Crippen molar-refractivity contribution in [3.8, 4) is 5.75 Å². The third-order valence-electron chi connectivity index (χ3n) is 4.72. The molecule has 0 radical (unpaired) electrons. The standard InChI is InChI=1S/C16H24BNO3/c1-15(2)16(3,4)21-17(20-15)12-5-7-13(8-6-12)19-14-9-10-18-11-14/h5-8,14,18H,9-11H2,1-4H3/t14-/m1/s1. The minimum atomic E-state index is -0.308. The van der Waals surface area contributed by atoms with E-state index < -0.39 is 0 Å². The lowest BCUT2D eigenvalue weighted by Gasteiger charge is -2.32. The van der Waals surface area contributed by atoms with Crippen molar-refractivity contribution in [2.24, 2.45) is 0 Å². The Hall–Kier alpha value is -1.04. The van der Waals surface area contributed by atoms with Crippen molar-refractivity contribution in [1.29, 1.82) is 0 Å². The topological polar surface area (TPSA) is 39.7 Å². The van der Waals surface area contributed by atoms with Crippen LogP contribution in [0.2, 0.25) is 0 Å². The maximum absolute atomic E-state index is 6.05. The Morgan fingerprint density at radius 2 is 1.71 bits per heavy atom. The van der Waals surface area contributed by atoms with Gasteiger partial charge < -0.3 is 19.4 Å². The molecule has 5 heteroatoms. The van der Waals surface area contributed by atoms with E-state index in [1.54, 1.807) is 0 Å². The predicted octanol–water partition coefficient (Wildman–Crippen LogP) is 1.73. The quantitative estimate of drug-likeness (QED) is 0.860. The molecular formula is C16H24BNO3. The van der Waals surface area contributed by atoms with Gasteiger partial charge >= 0.3 is 7.12 Å². The molecule has 2 heterocycles. The lowest BCUT2D eigenvalue weighted by molar-refractivity contribution is 0.00578. The highest BCUT2D eigenvalue weighted by atomic mass is 16.7. The van der Waals surface area contributed by atoms with Crippen LogP contribution in [0.3, 0.4) is 0 Å². The molecule has 1 atom stereocenters. The Morgan fingerprint density at radius 1 is 1.10 bits per heavy atom. The molecule has 0 aliphatic carbocycles. The first-order valence-corrected chi connectivity index (χ1v) is 7.70. The highest BCUT2D eigenvalue weighted by molar-refractivity contribution is 6.62. The van der Waals surface area contributed by atoms with Crippen molar-refractivity contribution in [3.63, 3.8) is 0 Å². The van der Waals surface area contributed by atoms with Gasteiger partial charge in [0.2, 0.25) is 0 Å². The summed E-state index contributed by atoms with van der Waals surface area (Å²) in [5, 5.41) is 3.30. The van der Waals surface area contributed by atoms with Gasteiger partial charge in [0, 0.05) is 6.54 Å². The summed E-state index contributed by atoms with van der Waals surface area (Å²) in [5.74, 6) is 0.906. The van der Waals surface area contributed by atoms with E-state index in [1.807, 2.05) is 24.3 Å². The van der Waals surface area contributed by atoms with Gasteiger partial charge in [-0.2, -0.15) is 0 Å². The first kappa shape index (κ1) is 14.9. The van der Waals surface area contributed by atoms with Crippen molar-refractivity contribution < 1.29 is 14.0 Å². The van der Waals surface area contributed by atoms with Gasteiger partial charge in [-0.15, -0.1) is 0 Å². The summed E-state index contributed by atoms with van der Waals surface area (Å²) < 4.78 is 18.0. The molecule has 0 saturated carbocycles. The average Bonchev–Trinajstić information content (AvgIpc) is 2.97. The van der Waals surface area contributed by atoms with Crippen LogP contribution in [0.15, 0.2) is 24.3 Å². The van der Waals surface area contributed by atoms with Crippen LogP contribution < -0.4 is 15.5 Å². The van der Waals surface area contributed by atoms with Crippen LogP contribution >= 0.6 is 0 Å². The van der Waals surface area contributed by atoms with Gasteiger partial charge in [0.15, 0.2) is 0 Å². The highest BCUT2D eigenvalue weighted by Crippen LogP contribution is 2.36. The number of hydrogen-bond acceptors (Lipinski definition) is 4. The summed E-state index contributed by atoms with van der Waals surface area (Å²) in [6.45, 7) is 10.2. The molecule has 21 heavy (non-hydrogen) atoms. The molecule has 2 saturated heterocycles. The van der Waals surface area contributed by atoms with Crippen LogP contribution in [0, 0.1) is 0 Å². The molecular weight excluding hydrogens is 265 g/mol. The van der Waals surface area contributed by atoms with Crippen molar-refractivity contribution in [1.82, 2.24) is 5.32 Å². The molecule has 114 valence electrons. The van der Waals surface area contributed by atoms with Crippen LogP contribution in [0.25, 0.3) is 0 Å². The van der Waals surface area contributed by atoms with E-state index in [2.05, 4.69) is 33.0 Å². The molecule has 1 N–H and O–H groups in total. The van der Waals surface area contributed by atoms with Crippen LogP contribution in [0.1, 0.15) is 34.1 Å². The summed E-state index contributed by atoms with van der Waals surface area (Å²) in [5.41, 5.74) is 0.426. The summed E-state index contributed by atoms with van der Waals surface area (Å²) in [7, 11) is -0.308. The first-order valence-electron chi connectivity index (χ1n) is 7.70. The lowest BCUT2D eigenvalue weighted by Crippen LogP contribution is -2.41. The molecule has 2 aliphatic rings. The average molecular weight is 289 g/mol. The molecule has 0 bridgehead atoms. The molecule has 0 spiro atoms. The van der Waals surface area contributed by atoms with Gasteiger partial charge in [-0.3, -0.25) is 0 Å². The predicted molar refractivity (Wildman–Crippen MR) is 84.1 cm³/mol. The molecule has 3 rings (SSSR count). The van der Waals surface area contributed by atoms with Gasteiger partial charge in [-0.05, 0) is 58.3 Å². The maximum atomic E-state index is 6.05. The summed E-state index contributed by atoms with van der Waals surface area (Å²) >= 11 is 0. The second-order valence-corrected chi connectivity index (χ2v) is 6.89. The van der Waals surface area contributed by atoms with E-state index >= 15 is 0 Å². The van der Waals surface area contributed by atoms with E-state index in [9.17, 15) is 0 Å². The normalized spacial score (nSPS) is 27.0. The number of benzene rings is 1. The Kier molecular flexibility index (Phi) is 3.76. The van der Waals surface area contributed by atoms with Gasteiger partial charge in [-0.1, -0.05) is 12.1 Å². The van der Waals surface area contributed by atoms with Crippen LogP contribution in [0.4, 0.5) is 0 Å². The molecule has 0 unspecified atom stereocenters. The zero-order chi connectivity index (χ0) is 15.1. The van der Waals surface area contributed by atoms with Crippen molar-refractivity contribution >= 4 is 12.6 Å². The molecule has 1 aromatic carbocycles. The summed E-state index contributed by atoms with van der Waals surface area (Å²) in [6.07, 6.45) is 1.35. The second-order valence-electron chi connectivity index (χ2n) is 6.89. The molecule has 0 aromatic heterocycles. The summed E-state index contributed by atoms with van der Waals surface area (Å²) in [4.78, 5) is 0. The fourth-order valence-electron chi connectivity index (χ4n) is 2.60. The molecule has 0 amide bonds. The third-order valence-corrected chi connectivity index (χ3v) is 4.72. The molecule has 4 nitrogen and oxygen atoms in total. The van der Waals surface area contributed by atoms with Crippen LogP contribution in [0.5, 0.6) is 5.75 Å². The molecule has 2 fully saturated rings. The first-order chi connectivity index (χ1) is 9.87. The second kappa shape index (κ2) is 5.31. The number of ether oxygens (including phenoxy) is 1. The number of rotatable bonds is 3. The van der Waals surface area contributed by atoms with Crippen molar-refractivity contribution in [2.45, 2.75) is 51.4 Å². The van der Waals surface area contributed by atoms with E-state index in [1.165, 1.54) is 0 Å². The largest absolute Gasteiger partial charge is 0.494 e. The van der Waals surface area contributed by atoms with Crippen LogP contribution in [-0.4, -0.2) is 37.5 Å². The van der Waals surface area contributed by atoms with E-state index in [-0.39, 0.29) is 24.4 Å². The Morgan fingerprint density at radius 3 is 2.24 bits per heavy atom. The zero-order valence-electron chi connectivity index (χ0n) is 13.3. The third kappa shape index (κ3) is 2.96. The number of hydrogen-bond donors (Lipinski definition) is 1. The minimum Gasteiger partial charge on any atom is -0.489 e. The Balaban J connectivity index is 1.67. The maximum Gasteiger partial charge on any atom is 0.494 e. The van der Waals surface area contributed by atoms with Gasteiger partial charge in [-0.25, -0.2) is 0 Å². The zero-order valence-corrected chi connectivity index (χ0v) is 13.3. The smallest absolute Gasteiger partial charge is 0.489 e. The number of nitrogens with one attached hydrogen (secondary N) is 1. The minimum absolute atomic E-state index is 0.285. The van der Waals surface area contributed by atoms with Gasteiger partial charge in [0.25, 0.3) is 0 Å². The van der Waals surface area contributed by atoms with E-state index in [4.69, 9.17) is 14.0 Å².